The van der Waals surface area contributed by atoms with Crippen molar-refractivity contribution in [3.8, 4) is 0 Å². The zero-order valence-corrected chi connectivity index (χ0v) is 27.9. The van der Waals surface area contributed by atoms with Crippen LogP contribution in [0.25, 0.3) is 0 Å². The molecule has 0 radical (unpaired) electrons. The third-order valence-electron chi connectivity index (χ3n) is 7.17. The average Bonchev–Trinajstić information content (AvgIpc) is 2.75. The lowest BCUT2D eigenvalue weighted by Gasteiger charge is -2.59. The van der Waals surface area contributed by atoms with Crippen LogP contribution in [0.3, 0.4) is 0 Å². The topological polar surface area (TPSA) is 147 Å². The van der Waals surface area contributed by atoms with Gasteiger partial charge in [0.05, 0.1) is 16.5 Å². The fourth-order valence-corrected chi connectivity index (χ4v) is 10.0. The second-order valence-corrected chi connectivity index (χ2v) is 15.6. The van der Waals surface area contributed by atoms with Crippen LogP contribution in [-0.2, 0) is 24.4 Å². The van der Waals surface area contributed by atoms with Gasteiger partial charge in [0, 0.05) is 20.7 Å². The number of halogens is 6. The molecule has 37 heavy (non-hydrogen) atoms. The minimum absolute atomic E-state index is 0.0230. The lowest BCUT2D eigenvalue weighted by atomic mass is 9.48. The van der Waals surface area contributed by atoms with E-state index >= 15 is 0 Å². The largest absolute Gasteiger partial charge is 0.743 e. The minimum atomic E-state index is -6.02. The lowest BCUT2D eigenvalue weighted by molar-refractivity contribution is -0.200. The van der Waals surface area contributed by atoms with Crippen LogP contribution in [0.1, 0.15) is 59.2 Å². The van der Waals surface area contributed by atoms with Crippen molar-refractivity contribution in [1.29, 1.82) is 0 Å². The number of alkyl halides is 2. The van der Waals surface area contributed by atoms with Gasteiger partial charge in [-0.15, -0.1) is 0 Å². The monoisotopic (exact) mass is 991 g/mol. The quantitative estimate of drug-likeness (QED) is 0.132. The molecule has 16 heteroatoms. The van der Waals surface area contributed by atoms with Crippen molar-refractivity contribution in [3.05, 3.63) is 25.4 Å². The summed E-state index contributed by atoms with van der Waals surface area (Å²) in [6.45, 7) is -1.89. The number of carboxylic acids is 1. The first-order valence-electron chi connectivity index (χ1n) is 10.7. The molecule has 1 aromatic carbocycles. The molecule has 4 saturated carbocycles. The first kappa shape index (κ1) is 30.3. The van der Waals surface area contributed by atoms with Crippen molar-refractivity contribution in [2.45, 2.75) is 49.4 Å². The molecule has 204 valence electrons. The molecule has 4 aliphatic carbocycles. The lowest BCUT2D eigenvalue weighted by Crippen LogP contribution is -2.60. The molecular formula is C21H17F2I4O9S-. The molecule has 0 spiro atoms. The van der Waals surface area contributed by atoms with Crippen LogP contribution in [0.5, 0.6) is 0 Å². The molecule has 9 nitrogen and oxygen atoms in total. The Morgan fingerprint density at radius 1 is 0.973 bits per heavy atom. The van der Waals surface area contributed by atoms with Crippen molar-refractivity contribution in [2.75, 3.05) is 6.61 Å². The molecule has 4 bridgehead atoms. The predicted octanol–water partition coefficient (Wildman–Crippen LogP) is 4.98. The van der Waals surface area contributed by atoms with Crippen LogP contribution in [0.4, 0.5) is 8.78 Å². The zero-order chi connectivity index (χ0) is 27.7. The number of carbonyl (C=O) groups excluding carboxylic acids is 2. The number of hydrogen-bond acceptors (Lipinski definition) is 8. The van der Waals surface area contributed by atoms with E-state index in [2.05, 4.69) is 4.74 Å². The summed E-state index contributed by atoms with van der Waals surface area (Å²) in [4.78, 5) is 38.6. The number of benzene rings is 1. The van der Waals surface area contributed by atoms with Crippen molar-refractivity contribution in [1.82, 2.24) is 0 Å². The Labute approximate surface area is 264 Å². The van der Waals surface area contributed by atoms with E-state index in [4.69, 9.17) is 4.74 Å². The van der Waals surface area contributed by atoms with Crippen molar-refractivity contribution in [2.24, 2.45) is 17.3 Å². The number of aromatic carboxylic acids is 1. The van der Waals surface area contributed by atoms with Gasteiger partial charge in [0.25, 0.3) is 0 Å². The van der Waals surface area contributed by atoms with Crippen LogP contribution >= 0.6 is 90.4 Å². The van der Waals surface area contributed by atoms with E-state index in [0.29, 0.717) is 40.0 Å². The Hall–Kier alpha value is 0.320. The second-order valence-electron chi connectivity index (χ2n) is 9.79. The number of rotatable bonds is 7. The molecule has 0 aromatic heterocycles. The molecule has 4 aliphatic rings. The van der Waals surface area contributed by atoms with E-state index < -0.39 is 50.9 Å². The Bertz CT molecular complexity index is 1300. The smallest absolute Gasteiger partial charge is 0.367 e. The highest BCUT2D eigenvalue weighted by Crippen LogP contribution is 2.63. The van der Waals surface area contributed by atoms with Gasteiger partial charge in [-0.2, -0.15) is 8.78 Å². The summed E-state index contributed by atoms with van der Waals surface area (Å²) < 4.78 is 72.5. The predicted molar refractivity (Wildman–Crippen MR) is 155 cm³/mol. The van der Waals surface area contributed by atoms with Gasteiger partial charge < -0.3 is 19.1 Å². The van der Waals surface area contributed by atoms with E-state index in [1.807, 2.05) is 90.4 Å². The van der Waals surface area contributed by atoms with E-state index in [1.54, 1.807) is 0 Å². The van der Waals surface area contributed by atoms with E-state index in [-0.39, 0.29) is 29.4 Å². The third kappa shape index (κ3) is 5.48. The van der Waals surface area contributed by atoms with Gasteiger partial charge in [0.2, 0.25) is 0 Å². The Kier molecular flexibility index (Phi) is 8.43. The summed E-state index contributed by atoms with van der Waals surface area (Å²) in [6, 6.07) is 0. The molecule has 2 unspecified atom stereocenters. The summed E-state index contributed by atoms with van der Waals surface area (Å²) in [5.41, 5.74) is -2.67. The molecule has 2 atom stereocenters. The highest BCUT2D eigenvalue weighted by Gasteiger charge is 2.63. The van der Waals surface area contributed by atoms with Crippen LogP contribution < -0.4 is 0 Å². The van der Waals surface area contributed by atoms with Gasteiger partial charge in [0.1, 0.15) is 5.60 Å². The molecule has 4 fully saturated rings. The van der Waals surface area contributed by atoms with Gasteiger partial charge in [-0.05, 0) is 134 Å². The maximum Gasteiger partial charge on any atom is 0.367 e. The first-order valence-corrected chi connectivity index (χ1v) is 16.5. The van der Waals surface area contributed by atoms with E-state index in [1.165, 1.54) is 0 Å². The number of hydrogen-bond donors (Lipinski definition) is 1. The van der Waals surface area contributed by atoms with Crippen molar-refractivity contribution in [3.63, 3.8) is 0 Å². The summed E-state index contributed by atoms with van der Waals surface area (Å²) in [6.07, 6.45) is 2.17. The van der Waals surface area contributed by atoms with E-state index in [9.17, 15) is 41.2 Å². The van der Waals surface area contributed by atoms with Gasteiger partial charge >= 0.3 is 23.2 Å². The fourth-order valence-electron chi connectivity index (χ4n) is 6.18. The van der Waals surface area contributed by atoms with Crippen molar-refractivity contribution >= 4 is 118 Å². The standard InChI is InChI=1S/C21H18F2I4O9S/c22-21(23,37(32,33)34)7-35-18(31)19-2-8-1-9(3-19)5-20(4-8,6-19)36-17(30)11-10(16(28)29)12(24)14(26)15(27)13(11)25/h8-9H,1-7H2,(H,28,29)(H,32,33,34)/p-1. The van der Waals surface area contributed by atoms with Gasteiger partial charge in [-0.1, -0.05) is 0 Å². The maximum absolute atomic E-state index is 13.6. The summed E-state index contributed by atoms with van der Waals surface area (Å²) in [7, 11) is -6.02. The third-order valence-corrected chi connectivity index (χ3v) is 15.4. The van der Waals surface area contributed by atoms with Crippen LogP contribution in [-0.4, -0.2) is 53.4 Å². The van der Waals surface area contributed by atoms with Gasteiger partial charge in [-0.3, -0.25) is 4.79 Å². The van der Waals surface area contributed by atoms with E-state index in [0.717, 1.165) is 6.42 Å². The number of carboxylic acid groups (broad SMARTS) is 1. The number of ether oxygens (including phenoxy) is 2. The number of carbonyl (C=O) groups is 3. The highest BCUT2D eigenvalue weighted by molar-refractivity contribution is 14.1. The SMILES string of the molecule is O=C(O)c1c(I)c(I)c(I)c(I)c1C(=O)OC12CC3CC(C1)CC(C(=O)OCC(F)(F)S(=O)(=O)[O-])(C3)C2. The molecule has 1 N–H and O–H groups in total. The number of esters is 2. The summed E-state index contributed by atoms with van der Waals surface area (Å²) >= 11 is 7.81. The molecule has 5 rings (SSSR count). The van der Waals surface area contributed by atoms with Gasteiger partial charge in [-0.25, -0.2) is 18.0 Å². The Morgan fingerprint density at radius 2 is 1.49 bits per heavy atom. The van der Waals surface area contributed by atoms with Gasteiger partial charge in [0.15, 0.2) is 16.7 Å². The molecule has 0 saturated heterocycles. The molecule has 0 amide bonds. The summed E-state index contributed by atoms with van der Waals surface area (Å²) in [5.74, 6) is -3.32. The normalized spacial score (nSPS) is 28.7. The fraction of sp³-hybridized carbons (Fsp3) is 0.571. The minimum Gasteiger partial charge on any atom is -0.743 e. The van der Waals surface area contributed by atoms with Crippen LogP contribution in [0.15, 0.2) is 0 Å². The highest BCUT2D eigenvalue weighted by atomic mass is 127. The summed E-state index contributed by atoms with van der Waals surface area (Å²) in [5, 5.41) is 5.09. The average molecular weight is 991 g/mol. The Morgan fingerprint density at radius 3 is 1.97 bits per heavy atom. The molecule has 0 aliphatic heterocycles. The first-order chi connectivity index (χ1) is 16.9. The van der Waals surface area contributed by atoms with Crippen LogP contribution in [0, 0.1) is 31.5 Å². The second kappa shape index (κ2) is 10.3. The van der Waals surface area contributed by atoms with Crippen molar-refractivity contribution < 1.29 is 50.7 Å². The molecule has 1 aromatic rings. The zero-order valence-electron chi connectivity index (χ0n) is 18.5. The maximum atomic E-state index is 13.6. The molecular weight excluding hydrogens is 974 g/mol. The molecule has 0 heterocycles. The van der Waals surface area contributed by atoms with Crippen LogP contribution in [0.2, 0.25) is 0 Å². The Balaban J connectivity index is 1.64.